The molecule has 4 aromatic rings. The van der Waals surface area contributed by atoms with Crippen LogP contribution in [0, 0.1) is 16.7 Å². The number of nitrogens with zero attached hydrogens (tertiary/aromatic N) is 7. The van der Waals surface area contributed by atoms with Gasteiger partial charge in [0, 0.05) is 153 Å². The minimum absolute atomic E-state index is 0. The standard InChI is InChI=1S/C75H111N25O20S3.H2O.Re/c1-41(2)59(60(76)110)93-66(116)53-17-10-22-100(53)73(120)49(16-9-21-83-75(79)80)88-68(118)71(122)94-65(115)51(32-43-34-84-46-14-7-6-13-45(43)46)90-61(111)47(15-8-20-82-74(77)78)86-63(113)50(31-42-11-4-3-5-12-42)89-64(114)52(33-44-35-81-40-85-44)91-62(112)48(18-19-55(102)103)87-67(117)72(123)95-69(119)70(121)92-54(101)36-96-23-25-97(37-56(104)105)27-29-99(39-58(108)109)30-28-98(26-24-96)38-57(106)107;;/h3-7,11-14,34-35,40-41,47-53,59,70-72,84H,8-10,15-33,36-39H2,1-2H3,(H28,76,77,78,79,80,81,82,83,85,86,87,88,89,90,91,92,93,94,95,101,102,103,104,105,106,107,108,109,110,111,112,113,114,115,116,117,118,119,121,122,123);1H2;/p-5/t47?,48?,49?,50-,51?,52?,53?,59?,70?,71?,72?;;/m0../s1. The van der Waals surface area contributed by atoms with Crippen molar-refractivity contribution in [2.75, 3.05) is 98.2 Å². The summed E-state index contributed by atoms with van der Waals surface area (Å²) in [6.45, 7) is 2.18. The molecular formula is C75H108N25O21ReS3-5. The molecule has 2 aliphatic rings. The first-order valence-corrected chi connectivity index (χ1v) is 40.8. The van der Waals surface area contributed by atoms with Gasteiger partial charge in [-0.15, -0.1) is 0 Å². The fourth-order valence-electron chi connectivity index (χ4n) is 13.4. The average Bonchev–Trinajstić information content (AvgIpc) is 1.71. The molecule has 11 atom stereocenters. The number of carbonyl (C=O) groups is 16. The number of hydrogen-bond donors (Lipinski definition) is 22. The first-order chi connectivity index (χ1) is 58.3. The number of hydrogen-bond acceptors (Lipinski definition) is 27. The van der Waals surface area contributed by atoms with Crippen LogP contribution in [0.15, 0.2) is 73.3 Å². The molecule has 26 N–H and O–H groups in total. The maximum absolute atomic E-state index is 15.2. The zero-order valence-electron chi connectivity index (χ0n) is 68.5. The largest absolute Gasteiger partial charge is 0.870 e. The van der Waals surface area contributed by atoms with Crippen LogP contribution in [0.5, 0.6) is 0 Å². The van der Waals surface area contributed by atoms with E-state index in [-0.39, 0.29) is 154 Å². The van der Waals surface area contributed by atoms with E-state index in [4.69, 9.17) is 65.9 Å². The Morgan fingerprint density at radius 1 is 0.528 bits per heavy atom. The molecule has 0 bridgehead atoms. The number of imidazole rings is 1. The van der Waals surface area contributed by atoms with E-state index in [2.05, 4.69) is 78.8 Å². The number of aromatic nitrogens is 3. The quantitative estimate of drug-likeness (QED) is 0.00846. The summed E-state index contributed by atoms with van der Waals surface area (Å²) in [7, 11) is 0. The summed E-state index contributed by atoms with van der Waals surface area (Å²) in [5.74, 6) is -18.3. The van der Waals surface area contributed by atoms with Gasteiger partial charge in [-0.3, -0.25) is 102 Å². The molecule has 4 heterocycles. The first kappa shape index (κ1) is 106. The monoisotopic (exact) mass is 1980 g/mol. The molecular weight excluding hydrogens is 1870 g/mol. The molecule has 2 fully saturated rings. The summed E-state index contributed by atoms with van der Waals surface area (Å²) in [4.78, 5) is 235. The maximum Gasteiger partial charge on any atom is 0.317 e. The Labute approximate surface area is 748 Å². The van der Waals surface area contributed by atoms with Crippen LogP contribution < -0.4 is 75.7 Å². The Balaban J connectivity index is 0.0000164. The van der Waals surface area contributed by atoms with Crippen LogP contribution in [-0.2, 0) is 154 Å². The van der Waals surface area contributed by atoms with E-state index < -0.39 is 217 Å². The summed E-state index contributed by atoms with van der Waals surface area (Å²) in [6, 6.07) is 3.11. The number of aliphatic carboxylic acids is 4. The summed E-state index contributed by atoms with van der Waals surface area (Å²) < 4.78 is 0. The van der Waals surface area contributed by atoms with Gasteiger partial charge in [0.25, 0.3) is 0 Å². The predicted octanol–water partition coefficient (Wildman–Crippen LogP) is -7.12. The van der Waals surface area contributed by atoms with Crippen molar-refractivity contribution in [1.82, 2.24) is 97.9 Å². The van der Waals surface area contributed by atoms with Crippen molar-refractivity contribution in [3.05, 3.63) is 95.5 Å². The number of guanidine groups is 2. The van der Waals surface area contributed by atoms with Gasteiger partial charge in [0.2, 0.25) is 59.1 Å². The summed E-state index contributed by atoms with van der Waals surface area (Å²) in [5.41, 5.74) is 18.5. The van der Waals surface area contributed by atoms with Gasteiger partial charge in [-0.05, 0) is 78.8 Å². The van der Waals surface area contributed by atoms with Crippen LogP contribution in [0.1, 0.15) is 82.0 Å². The van der Waals surface area contributed by atoms with Gasteiger partial charge in [-0.1, -0.05) is 62.4 Å². The van der Waals surface area contributed by atoms with Gasteiger partial charge in [0.1, 0.15) is 48.3 Å². The number of carboxylic acids is 4. The molecule has 2 aliphatic heterocycles. The zero-order valence-corrected chi connectivity index (χ0v) is 73.6. The number of carbonyl (C=O) groups excluding carboxylic acids is 12. The molecule has 50 heteroatoms. The summed E-state index contributed by atoms with van der Waals surface area (Å²) in [6.07, 6.45) is 1.98. The average molecular weight is 1980 g/mol. The van der Waals surface area contributed by atoms with E-state index in [0.717, 1.165) is 0 Å². The Kier molecular flexibility index (Phi) is 45.7. The molecule has 689 valence electrons. The van der Waals surface area contributed by atoms with Crippen molar-refractivity contribution >= 4 is 155 Å². The molecule has 10 unspecified atom stereocenters. The van der Waals surface area contributed by atoms with Gasteiger partial charge >= 0.3 is 23.9 Å². The molecule has 125 heavy (non-hydrogen) atoms. The molecule has 1 radical (unpaired) electrons. The van der Waals surface area contributed by atoms with Crippen LogP contribution in [0.3, 0.4) is 0 Å². The number of amides is 12. The van der Waals surface area contributed by atoms with Gasteiger partial charge in [0.05, 0.1) is 32.5 Å². The fraction of sp³-hybridized carbons (Fsp3) is 0.533. The van der Waals surface area contributed by atoms with Crippen LogP contribution in [0.25, 0.3) is 16.2 Å². The third-order valence-electron chi connectivity index (χ3n) is 19.7. The number of fused-ring (bicyclic) bond motifs is 1. The van der Waals surface area contributed by atoms with E-state index in [0.29, 0.717) is 28.5 Å². The van der Waals surface area contributed by atoms with Crippen LogP contribution >= 0.6 is 0 Å². The molecule has 46 nitrogen and oxygen atoms in total. The second-order valence-corrected chi connectivity index (χ2v) is 31.0. The second kappa shape index (κ2) is 53.8. The third kappa shape index (κ3) is 37.2. The number of aromatic amines is 2. The van der Waals surface area contributed by atoms with Crippen molar-refractivity contribution in [3.8, 4) is 0 Å². The van der Waals surface area contributed by atoms with Gasteiger partial charge in [0.15, 0.2) is 17.8 Å². The van der Waals surface area contributed by atoms with E-state index >= 15 is 9.59 Å². The normalized spacial score (nSPS) is 16.5. The Morgan fingerprint density at radius 3 is 1.50 bits per heavy atom. The van der Waals surface area contributed by atoms with E-state index in [1.165, 1.54) is 27.2 Å². The third-order valence-corrected chi connectivity index (χ3v) is 20.7. The Bertz CT molecular complexity index is 4320. The molecule has 0 saturated carbocycles. The number of rotatable bonds is 47. The van der Waals surface area contributed by atoms with E-state index in [1.807, 2.05) is 0 Å². The number of carboxylic acid groups (broad SMARTS) is 4. The number of H-pyrrole nitrogens is 2. The smallest absolute Gasteiger partial charge is 0.317 e. The molecule has 2 saturated heterocycles. The summed E-state index contributed by atoms with van der Waals surface area (Å²) in [5, 5.41) is 80.4. The second-order valence-electron chi connectivity index (χ2n) is 29.6. The first-order valence-electron chi connectivity index (χ1n) is 39.4. The summed E-state index contributed by atoms with van der Waals surface area (Å²) >= 11 is 16.1. The number of para-hydroxylation sites is 1. The van der Waals surface area contributed by atoms with Gasteiger partial charge < -0.3 is 164 Å². The molecule has 2 aromatic heterocycles. The molecule has 0 spiro atoms. The minimum atomic E-state index is -2.10. The molecule has 6 rings (SSSR count). The van der Waals surface area contributed by atoms with Gasteiger partial charge in [-0.25, -0.2) is 4.98 Å². The van der Waals surface area contributed by atoms with Crippen molar-refractivity contribution in [2.24, 2.45) is 23.1 Å². The van der Waals surface area contributed by atoms with Crippen molar-refractivity contribution < 1.29 is 123 Å². The SMILES string of the molecule is CC(C)C(NC(=O)C1CCCN1C(=O)C(CCCNC(=N)N)NC(=O)C([S-])NC(=O)C(Cc1c[nH]c2ccccc12)NC(=O)C(CCCNC(=N)N)NC(=O)[C@H](Cc1ccccc1)NC(=O)C(Cc1cnc[nH]1)NC(=O)C(CCC(=O)O)NC(=O)C([S-])[N-]C(=O)C([S-])NC(=O)CN1CCN(CC(=O)O)CCN(CC(=O)O)CCN(CC(=O)O)CC1)C(N)=O.[OH-].[Re]. The fourth-order valence-corrected chi connectivity index (χ4v) is 14.0. The van der Waals surface area contributed by atoms with Crippen LogP contribution in [-0.4, -0.2) is 335 Å². The zero-order chi connectivity index (χ0) is 90.6. The number of nitrogens with two attached hydrogens (primary N) is 3. The Morgan fingerprint density at radius 2 is 0.992 bits per heavy atom. The minimum Gasteiger partial charge on any atom is -0.870 e. The van der Waals surface area contributed by atoms with E-state index in [9.17, 15) is 87.5 Å². The number of likely N-dealkylation sites (tertiary alicyclic amines) is 1. The van der Waals surface area contributed by atoms with E-state index in [1.54, 1.807) is 84.4 Å². The van der Waals surface area contributed by atoms with Crippen molar-refractivity contribution in [1.29, 1.82) is 10.8 Å². The Hall–Kier alpha value is -11.2. The van der Waals surface area contributed by atoms with Crippen LogP contribution in [0.4, 0.5) is 0 Å². The van der Waals surface area contributed by atoms with Crippen molar-refractivity contribution in [3.63, 3.8) is 0 Å². The molecule has 2 aromatic carbocycles. The number of benzene rings is 2. The van der Waals surface area contributed by atoms with Crippen molar-refractivity contribution in [2.45, 2.75) is 149 Å². The predicted molar refractivity (Wildman–Crippen MR) is 451 cm³/mol. The van der Waals surface area contributed by atoms with Crippen LogP contribution in [0.2, 0.25) is 0 Å². The van der Waals surface area contributed by atoms with Gasteiger partial charge in [-0.2, -0.15) is 5.37 Å². The molecule has 12 amide bonds. The number of nitrogens with one attached hydrogen (secondary N) is 15. The number of primary amides is 1. The topological polar surface area (TPSA) is 717 Å². The maximum atomic E-state index is 15.2. The molecule has 0 aliphatic carbocycles.